The van der Waals surface area contributed by atoms with Crippen molar-refractivity contribution in [3.8, 4) is 5.75 Å². The van der Waals surface area contributed by atoms with Gasteiger partial charge in [0.25, 0.3) is 0 Å². The van der Waals surface area contributed by atoms with Crippen molar-refractivity contribution in [1.29, 1.82) is 0 Å². The van der Waals surface area contributed by atoms with Gasteiger partial charge in [0, 0.05) is 23.9 Å². The fourth-order valence-electron chi connectivity index (χ4n) is 2.58. The Morgan fingerprint density at radius 3 is 2.60 bits per heavy atom. The van der Waals surface area contributed by atoms with Gasteiger partial charge >= 0.3 is 0 Å². The molecule has 1 aliphatic rings. The maximum Gasteiger partial charge on any atom is 0.123 e. The fourth-order valence-corrected chi connectivity index (χ4v) is 2.58. The highest BCUT2D eigenvalue weighted by atomic mass is 16.5. The standard InChI is InChI=1S/C18H27NO/c1-6-18(5,13-19-17(2,3)4)12-15-11-14-9-7-8-10-16(14)20-15/h6-10,15,19H,1,11-13H2,2-5H3. The molecule has 2 nitrogen and oxygen atoms in total. The molecule has 0 amide bonds. The number of fused-ring (bicyclic) bond motifs is 1. The van der Waals surface area contributed by atoms with Crippen LogP contribution in [0.4, 0.5) is 0 Å². The van der Waals surface area contributed by atoms with Crippen molar-refractivity contribution in [2.45, 2.75) is 52.2 Å². The Balaban J connectivity index is 1.96. The van der Waals surface area contributed by atoms with E-state index in [1.807, 2.05) is 6.07 Å². The summed E-state index contributed by atoms with van der Waals surface area (Å²) in [6, 6.07) is 8.34. The van der Waals surface area contributed by atoms with Crippen LogP contribution in [0.25, 0.3) is 0 Å². The molecular formula is C18H27NO. The normalized spacial score (nSPS) is 20.9. The quantitative estimate of drug-likeness (QED) is 0.820. The van der Waals surface area contributed by atoms with Crippen molar-refractivity contribution in [2.24, 2.45) is 5.41 Å². The maximum atomic E-state index is 6.06. The molecule has 2 atom stereocenters. The van der Waals surface area contributed by atoms with Gasteiger partial charge in [-0.1, -0.05) is 31.2 Å². The van der Waals surface area contributed by atoms with Gasteiger partial charge in [-0.2, -0.15) is 0 Å². The van der Waals surface area contributed by atoms with Gasteiger partial charge in [0.15, 0.2) is 0 Å². The fraction of sp³-hybridized carbons (Fsp3) is 0.556. The highest BCUT2D eigenvalue weighted by molar-refractivity contribution is 5.37. The summed E-state index contributed by atoms with van der Waals surface area (Å²) in [5.41, 5.74) is 1.51. The minimum Gasteiger partial charge on any atom is -0.490 e. The Morgan fingerprint density at radius 1 is 1.30 bits per heavy atom. The topological polar surface area (TPSA) is 21.3 Å². The largest absolute Gasteiger partial charge is 0.490 e. The Morgan fingerprint density at radius 2 is 2.00 bits per heavy atom. The van der Waals surface area contributed by atoms with Crippen LogP contribution in [0, 0.1) is 5.41 Å². The van der Waals surface area contributed by atoms with Gasteiger partial charge in [0.1, 0.15) is 11.9 Å². The molecule has 0 spiro atoms. The Hall–Kier alpha value is -1.28. The second-order valence-corrected chi connectivity index (χ2v) is 7.22. The SMILES string of the molecule is C=CC(C)(CNC(C)(C)C)CC1Cc2ccccc2O1. The highest BCUT2D eigenvalue weighted by Crippen LogP contribution is 2.34. The lowest BCUT2D eigenvalue weighted by Crippen LogP contribution is -2.43. The van der Waals surface area contributed by atoms with Crippen LogP contribution in [0.5, 0.6) is 5.75 Å². The molecule has 1 N–H and O–H groups in total. The molecule has 0 radical (unpaired) electrons. The number of para-hydroxylation sites is 1. The first-order valence-corrected chi connectivity index (χ1v) is 7.44. The monoisotopic (exact) mass is 273 g/mol. The molecule has 0 fully saturated rings. The summed E-state index contributed by atoms with van der Waals surface area (Å²) >= 11 is 0. The van der Waals surface area contributed by atoms with Crippen LogP contribution in [0.3, 0.4) is 0 Å². The first-order chi connectivity index (χ1) is 9.31. The molecule has 2 heteroatoms. The minimum atomic E-state index is 0.0555. The second-order valence-electron chi connectivity index (χ2n) is 7.22. The number of benzene rings is 1. The first kappa shape index (κ1) is 15.1. The van der Waals surface area contributed by atoms with Crippen molar-refractivity contribution in [2.75, 3.05) is 6.54 Å². The third-order valence-electron chi connectivity index (χ3n) is 3.92. The van der Waals surface area contributed by atoms with E-state index in [4.69, 9.17) is 4.74 Å². The van der Waals surface area contributed by atoms with Crippen LogP contribution >= 0.6 is 0 Å². The van der Waals surface area contributed by atoms with Gasteiger partial charge in [-0.3, -0.25) is 0 Å². The number of ether oxygens (including phenoxy) is 1. The van der Waals surface area contributed by atoms with Crippen LogP contribution in [0.1, 0.15) is 39.7 Å². The zero-order valence-corrected chi connectivity index (χ0v) is 13.2. The molecule has 1 aromatic carbocycles. The lowest BCUT2D eigenvalue weighted by atomic mass is 9.83. The van der Waals surface area contributed by atoms with Gasteiger partial charge < -0.3 is 10.1 Å². The van der Waals surface area contributed by atoms with Crippen molar-refractivity contribution < 1.29 is 4.74 Å². The van der Waals surface area contributed by atoms with Crippen LogP contribution in [0.2, 0.25) is 0 Å². The van der Waals surface area contributed by atoms with E-state index in [1.54, 1.807) is 0 Å². The van der Waals surface area contributed by atoms with Crippen LogP contribution in [-0.2, 0) is 6.42 Å². The average Bonchev–Trinajstić information content (AvgIpc) is 2.77. The molecule has 1 heterocycles. The number of rotatable bonds is 5. The smallest absolute Gasteiger partial charge is 0.123 e. The lowest BCUT2D eigenvalue weighted by Gasteiger charge is -2.32. The zero-order chi connectivity index (χ0) is 14.8. The molecule has 20 heavy (non-hydrogen) atoms. The molecule has 2 unspecified atom stereocenters. The summed E-state index contributed by atoms with van der Waals surface area (Å²) in [5, 5.41) is 3.58. The molecular weight excluding hydrogens is 246 g/mol. The van der Waals surface area contributed by atoms with E-state index in [1.165, 1.54) is 5.56 Å². The predicted molar refractivity (Wildman–Crippen MR) is 85.2 cm³/mol. The first-order valence-electron chi connectivity index (χ1n) is 7.44. The average molecular weight is 273 g/mol. The molecule has 2 rings (SSSR count). The molecule has 0 aromatic heterocycles. The molecule has 0 aliphatic carbocycles. The van der Waals surface area contributed by atoms with Crippen molar-refractivity contribution in [1.82, 2.24) is 5.32 Å². The third kappa shape index (κ3) is 3.86. The second kappa shape index (κ2) is 5.61. The zero-order valence-electron chi connectivity index (χ0n) is 13.2. The van der Waals surface area contributed by atoms with Crippen molar-refractivity contribution >= 4 is 0 Å². The molecule has 0 bridgehead atoms. The number of hydrogen-bond donors (Lipinski definition) is 1. The van der Waals surface area contributed by atoms with E-state index in [2.05, 4.69) is 63.9 Å². The highest BCUT2D eigenvalue weighted by Gasteiger charge is 2.31. The van der Waals surface area contributed by atoms with Gasteiger partial charge in [-0.25, -0.2) is 0 Å². The molecule has 1 aromatic rings. The maximum absolute atomic E-state index is 6.06. The molecule has 1 aliphatic heterocycles. The van der Waals surface area contributed by atoms with E-state index in [-0.39, 0.29) is 17.1 Å². The third-order valence-corrected chi connectivity index (χ3v) is 3.92. The lowest BCUT2D eigenvalue weighted by molar-refractivity contribution is 0.164. The molecule has 0 saturated carbocycles. The summed E-state index contributed by atoms with van der Waals surface area (Å²) < 4.78 is 6.06. The van der Waals surface area contributed by atoms with E-state index < -0.39 is 0 Å². The summed E-state index contributed by atoms with van der Waals surface area (Å²) in [5.74, 6) is 1.05. The van der Waals surface area contributed by atoms with Gasteiger partial charge in [0.05, 0.1) is 0 Å². The van der Waals surface area contributed by atoms with Gasteiger partial charge in [-0.05, 0) is 38.8 Å². The van der Waals surface area contributed by atoms with Crippen LogP contribution in [-0.4, -0.2) is 18.2 Å². The number of hydrogen-bond acceptors (Lipinski definition) is 2. The van der Waals surface area contributed by atoms with Crippen molar-refractivity contribution in [3.05, 3.63) is 42.5 Å². The van der Waals surface area contributed by atoms with Gasteiger partial charge in [-0.15, -0.1) is 6.58 Å². The predicted octanol–water partition coefficient (Wildman–Crippen LogP) is 3.96. The van der Waals surface area contributed by atoms with Crippen LogP contribution < -0.4 is 10.1 Å². The summed E-state index contributed by atoms with van der Waals surface area (Å²) in [4.78, 5) is 0. The Bertz CT molecular complexity index is 450. The van der Waals surface area contributed by atoms with E-state index in [0.29, 0.717) is 0 Å². The Labute approximate surface area is 123 Å². The van der Waals surface area contributed by atoms with E-state index in [0.717, 1.165) is 25.1 Å². The summed E-state index contributed by atoms with van der Waals surface area (Å²) in [7, 11) is 0. The van der Waals surface area contributed by atoms with Gasteiger partial charge in [0.2, 0.25) is 0 Å². The summed E-state index contributed by atoms with van der Waals surface area (Å²) in [6.07, 6.45) is 4.33. The molecule has 110 valence electrons. The van der Waals surface area contributed by atoms with Crippen molar-refractivity contribution in [3.63, 3.8) is 0 Å². The minimum absolute atomic E-state index is 0.0555. The van der Waals surface area contributed by atoms with Crippen LogP contribution in [0.15, 0.2) is 36.9 Å². The molecule has 0 saturated heterocycles. The number of nitrogens with one attached hydrogen (secondary N) is 1. The Kier molecular flexibility index (Phi) is 4.24. The van der Waals surface area contributed by atoms with E-state index >= 15 is 0 Å². The van der Waals surface area contributed by atoms with E-state index in [9.17, 15) is 0 Å². The summed E-state index contributed by atoms with van der Waals surface area (Å²) in [6.45, 7) is 13.8.